The minimum atomic E-state index is -0.0602. The zero-order valence-electron chi connectivity index (χ0n) is 27.4. The first-order chi connectivity index (χ1) is 24.1. The molecule has 0 atom stereocenters. The Morgan fingerprint density at radius 1 is 0.449 bits per heavy atom. The molecular weight excluding hydrogens is 595 g/mol. The number of benzene rings is 8. The summed E-state index contributed by atoms with van der Waals surface area (Å²) < 4.78 is 6.83. The molecule has 0 fully saturated rings. The van der Waals surface area contributed by atoms with Crippen LogP contribution in [0.1, 0.15) is 25.0 Å². The fourth-order valence-corrected chi connectivity index (χ4v) is 8.24. The van der Waals surface area contributed by atoms with Crippen LogP contribution in [0.3, 0.4) is 0 Å². The average molecular weight is 628 g/mol. The standard InChI is InChI=1S/C47H33NO/c1-47(2)42-21-11-10-19-36(42)37-25-23-31(27-43(37)47)40-29-41-38-26-24-33(28-45(38)49-46(41)39-20-9-8-18-35(39)40)48(32-15-4-3-5-16-32)44-22-12-14-30-13-6-7-17-34(30)44/h3-29H,1-2H3. The Labute approximate surface area is 285 Å². The Kier molecular flexibility index (Phi) is 5.95. The summed E-state index contributed by atoms with van der Waals surface area (Å²) in [6.07, 6.45) is 0. The Hall–Kier alpha value is -6.12. The summed E-state index contributed by atoms with van der Waals surface area (Å²) in [6.45, 7) is 4.70. The Morgan fingerprint density at radius 2 is 1.16 bits per heavy atom. The highest BCUT2D eigenvalue weighted by Gasteiger charge is 2.35. The minimum Gasteiger partial charge on any atom is -0.455 e. The Morgan fingerprint density at radius 3 is 2.04 bits per heavy atom. The van der Waals surface area contributed by atoms with Crippen LogP contribution in [0.5, 0.6) is 0 Å². The van der Waals surface area contributed by atoms with Crippen molar-refractivity contribution < 1.29 is 4.42 Å². The van der Waals surface area contributed by atoms with E-state index < -0.39 is 0 Å². The maximum absolute atomic E-state index is 6.83. The molecule has 0 aliphatic heterocycles. The number of fused-ring (bicyclic) bond motifs is 9. The van der Waals surface area contributed by atoms with Crippen molar-refractivity contribution in [2.45, 2.75) is 19.3 Å². The van der Waals surface area contributed by atoms with E-state index in [-0.39, 0.29) is 5.41 Å². The molecule has 2 nitrogen and oxygen atoms in total. The van der Waals surface area contributed by atoms with E-state index in [0.29, 0.717) is 0 Å². The van der Waals surface area contributed by atoms with Crippen molar-refractivity contribution in [2.24, 2.45) is 0 Å². The first-order valence-electron chi connectivity index (χ1n) is 17.0. The van der Waals surface area contributed by atoms with Crippen LogP contribution in [-0.2, 0) is 5.41 Å². The lowest BCUT2D eigenvalue weighted by Crippen LogP contribution is -2.14. The molecule has 10 rings (SSSR count). The first-order valence-corrected chi connectivity index (χ1v) is 17.0. The summed E-state index contributed by atoms with van der Waals surface area (Å²) in [6, 6.07) is 59.3. The maximum atomic E-state index is 6.83. The molecule has 0 saturated carbocycles. The molecule has 0 bridgehead atoms. The maximum Gasteiger partial charge on any atom is 0.143 e. The summed E-state index contributed by atoms with van der Waals surface area (Å²) in [7, 11) is 0. The van der Waals surface area contributed by atoms with Crippen LogP contribution in [0.2, 0.25) is 0 Å². The molecular formula is C47H33NO. The third-order valence-corrected chi connectivity index (χ3v) is 10.6. The Balaban J connectivity index is 1.17. The summed E-state index contributed by atoms with van der Waals surface area (Å²) in [4.78, 5) is 2.34. The minimum absolute atomic E-state index is 0.0602. The van der Waals surface area contributed by atoms with E-state index in [2.05, 4.69) is 183 Å². The molecule has 0 unspecified atom stereocenters. The second kappa shape index (κ2) is 10.4. The topological polar surface area (TPSA) is 16.4 Å². The molecule has 232 valence electrons. The molecule has 9 aromatic rings. The van der Waals surface area contributed by atoms with Gasteiger partial charge in [0.05, 0.1) is 5.69 Å². The monoisotopic (exact) mass is 627 g/mol. The molecule has 1 aromatic heterocycles. The summed E-state index contributed by atoms with van der Waals surface area (Å²) >= 11 is 0. The van der Waals surface area contributed by atoms with Crippen molar-refractivity contribution >= 4 is 60.5 Å². The second-order valence-electron chi connectivity index (χ2n) is 13.7. The molecule has 1 aliphatic rings. The van der Waals surface area contributed by atoms with Crippen LogP contribution in [0, 0.1) is 0 Å². The van der Waals surface area contributed by atoms with Crippen LogP contribution in [0.25, 0.3) is 65.7 Å². The van der Waals surface area contributed by atoms with Gasteiger partial charge in [-0.2, -0.15) is 0 Å². The van der Waals surface area contributed by atoms with Crippen molar-refractivity contribution in [1.29, 1.82) is 0 Å². The van der Waals surface area contributed by atoms with Crippen molar-refractivity contribution in [3.05, 3.63) is 175 Å². The van der Waals surface area contributed by atoms with Crippen molar-refractivity contribution in [1.82, 2.24) is 0 Å². The lowest BCUT2D eigenvalue weighted by molar-refractivity contribution is 0.660. The number of para-hydroxylation sites is 1. The van der Waals surface area contributed by atoms with Gasteiger partial charge in [0.1, 0.15) is 11.2 Å². The lowest BCUT2D eigenvalue weighted by Gasteiger charge is -2.26. The zero-order chi connectivity index (χ0) is 32.7. The van der Waals surface area contributed by atoms with Gasteiger partial charge in [-0.3, -0.25) is 0 Å². The number of nitrogens with zero attached hydrogens (tertiary/aromatic N) is 1. The van der Waals surface area contributed by atoms with E-state index in [9.17, 15) is 0 Å². The Bertz CT molecular complexity index is 2750. The van der Waals surface area contributed by atoms with Crippen LogP contribution < -0.4 is 4.90 Å². The summed E-state index contributed by atoms with van der Waals surface area (Å²) in [5, 5.41) is 6.99. The fourth-order valence-electron chi connectivity index (χ4n) is 8.24. The highest BCUT2D eigenvalue weighted by molar-refractivity contribution is 6.19. The lowest BCUT2D eigenvalue weighted by atomic mass is 9.81. The van der Waals surface area contributed by atoms with Crippen LogP contribution in [0.4, 0.5) is 17.1 Å². The van der Waals surface area contributed by atoms with Gasteiger partial charge in [0.2, 0.25) is 0 Å². The van der Waals surface area contributed by atoms with Gasteiger partial charge in [0.25, 0.3) is 0 Å². The molecule has 49 heavy (non-hydrogen) atoms. The van der Waals surface area contributed by atoms with Gasteiger partial charge < -0.3 is 9.32 Å². The fraction of sp³-hybridized carbons (Fsp3) is 0.0638. The average Bonchev–Trinajstić information content (AvgIpc) is 3.63. The van der Waals surface area contributed by atoms with Gasteiger partial charge in [-0.15, -0.1) is 0 Å². The summed E-state index contributed by atoms with van der Waals surface area (Å²) in [5.74, 6) is 0. The van der Waals surface area contributed by atoms with Gasteiger partial charge >= 0.3 is 0 Å². The summed E-state index contributed by atoms with van der Waals surface area (Å²) in [5.41, 5.74) is 13.0. The third kappa shape index (κ3) is 4.14. The quantitative estimate of drug-likeness (QED) is 0.193. The van der Waals surface area contributed by atoms with E-state index in [1.54, 1.807) is 0 Å². The van der Waals surface area contributed by atoms with Gasteiger partial charge in [-0.1, -0.05) is 129 Å². The molecule has 0 N–H and O–H groups in total. The number of rotatable bonds is 4. The van der Waals surface area contributed by atoms with Crippen molar-refractivity contribution in [3.63, 3.8) is 0 Å². The van der Waals surface area contributed by atoms with E-state index in [1.807, 2.05) is 0 Å². The number of hydrogen-bond donors (Lipinski definition) is 0. The largest absolute Gasteiger partial charge is 0.455 e. The highest BCUT2D eigenvalue weighted by Crippen LogP contribution is 2.50. The molecule has 1 heterocycles. The van der Waals surface area contributed by atoms with E-state index in [1.165, 1.54) is 49.5 Å². The smallest absolute Gasteiger partial charge is 0.143 e. The molecule has 0 spiro atoms. The number of hydrogen-bond acceptors (Lipinski definition) is 2. The van der Waals surface area contributed by atoms with Crippen molar-refractivity contribution in [3.8, 4) is 22.3 Å². The van der Waals surface area contributed by atoms with Gasteiger partial charge in [0, 0.05) is 44.4 Å². The molecule has 1 aliphatic carbocycles. The predicted octanol–water partition coefficient (Wildman–Crippen LogP) is 13.3. The molecule has 0 radical (unpaired) electrons. The normalized spacial score (nSPS) is 13.3. The molecule has 8 aromatic carbocycles. The van der Waals surface area contributed by atoms with E-state index in [4.69, 9.17) is 4.42 Å². The van der Waals surface area contributed by atoms with Crippen LogP contribution in [0.15, 0.2) is 168 Å². The third-order valence-electron chi connectivity index (χ3n) is 10.6. The van der Waals surface area contributed by atoms with Gasteiger partial charge in [-0.05, 0) is 86.6 Å². The van der Waals surface area contributed by atoms with Crippen LogP contribution in [-0.4, -0.2) is 0 Å². The SMILES string of the molecule is CC1(C)c2ccccc2-c2ccc(-c3cc4c5ccc(N(c6ccccc6)c6cccc7ccccc67)cc5oc4c4ccccc34)cc21. The van der Waals surface area contributed by atoms with E-state index >= 15 is 0 Å². The predicted molar refractivity (Wildman–Crippen MR) is 206 cm³/mol. The molecule has 2 heteroatoms. The molecule has 0 amide bonds. The van der Waals surface area contributed by atoms with E-state index in [0.717, 1.165) is 44.4 Å². The van der Waals surface area contributed by atoms with Crippen LogP contribution >= 0.6 is 0 Å². The van der Waals surface area contributed by atoms with Gasteiger partial charge in [-0.25, -0.2) is 0 Å². The number of anilines is 3. The second-order valence-corrected chi connectivity index (χ2v) is 13.7. The highest BCUT2D eigenvalue weighted by atomic mass is 16.3. The van der Waals surface area contributed by atoms with Gasteiger partial charge in [0.15, 0.2) is 0 Å². The first kappa shape index (κ1) is 27.9. The molecule has 0 saturated heterocycles. The zero-order valence-corrected chi connectivity index (χ0v) is 27.4. The number of furan rings is 1. The van der Waals surface area contributed by atoms with Crippen molar-refractivity contribution in [2.75, 3.05) is 4.90 Å².